The van der Waals surface area contributed by atoms with Crippen LogP contribution in [0.3, 0.4) is 0 Å². The lowest BCUT2D eigenvalue weighted by molar-refractivity contribution is 0.137. The number of hydrogen-bond donors (Lipinski definition) is 1. The quantitative estimate of drug-likeness (QED) is 0.701. The van der Waals surface area contributed by atoms with Gasteiger partial charge in [0, 0.05) is 25.2 Å². The second-order valence-electron chi connectivity index (χ2n) is 6.01. The maximum Gasteiger partial charge on any atom is 0.0278 e. The summed E-state index contributed by atoms with van der Waals surface area (Å²) >= 11 is 0. The van der Waals surface area contributed by atoms with Crippen molar-refractivity contribution in [1.29, 1.82) is 0 Å². The van der Waals surface area contributed by atoms with Crippen molar-refractivity contribution in [2.24, 2.45) is 5.92 Å². The molecule has 0 bridgehead atoms. The first kappa shape index (κ1) is 14.0. The average molecular weight is 226 g/mol. The van der Waals surface area contributed by atoms with Crippen molar-refractivity contribution in [3.05, 3.63) is 0 Å². The minimum absolute atomic E-state index is 0.357. The van der Waals surface area contributed by atoms with Crippen molar-refractivity contribution in [2.45, 2.75) is 58.9 Å². The fraction of sp³-hybridized carbons (Fsp3) is 1.00. The molecule has 16 heavy (non-hydrogen) atoms. The summed E-state index contributed by atoms with van der Waals surface area (Å²) in [5, 5.41) is 3.64. The molecule has 0 aliphatic carbocycles. The van der Waals surface area contributed by atoms with Crippen LogP contribution in [-0.4, -0.2) is 36.6 Å². The number of rotatable bonds is 6. The third-order valence-corrected chi connectivity index (χ3v) is 3.84. The third kappa shape index (κ3) is 4.84. The van der Waals surface area contributed by atoms with Gasteiger partial charge < -0.3 is 10.2 Å². The van der Waals surface area contributed by atoms with Crippen LogP contribution in [0.2, 0.25) is 0 Å². The zero-order valence-electron chi connectivity index (χ0n) is 11.7. The van der Waals surface area contributed by atoms with Crippen molar-refractivity contribution < 1.29 is 0 Å². The van der Waals surface area contributed by atoms with Crippen molar-refractivity contribution in [2.75, 3.05) is 26.2 Å². The van der Waals surface area contributed by atoms with Crippen LogP contribution in [0.25, 0.3) is 0 Å². The van der Waals surface area contributed by atoms with Crippen LogP contribution < -0.4 is 5.32 Å². The number of nitrogens with one attached hydrogen (secondary N) is 1. The van der Waals surface area contributed by atoms with E-state index in [9.17, 15) is 0 Å². The largest absolute Gasteiger partial charge is 0.309 e. The molecule has 0 aromatic rings. The van der Waals surface area contributed by atoms with E-state index in [4.69, 9.17) is 0 Å². The van der Waals surface area contributed by atoms with E-state index in [0.717, 1.165) is 12.5 Å². The van der Waals surface area contributed by atoms with E-state index in [1.54, 1.807) is 0 Å². The zero-order chi connectivity index (χ0) is 12.0. The molecule has 0 aromatic carbocycles. The first-order valence-electron chi connectivity index (χ1n) is 7.03. The highest BCUT2D eigenvalue weighted by Crippen LogP contribution is 2.16. The molecule has 1 atom stereocenters. The molecular formula is C14H30N2. The molecular weight excluding hydrogens is 196 g/mol. The van der Waals surface area contributed by atoms with Crippen molar-refractivity contribution >= 4 is 0 Å². The summed E-state index contributed by atoms with van der Waals surface area (Å²) in [6, 6.07) is 0. The molecule has 1 unspecified atom stereocenters. The Hall–Kier alpha value is -0.0800. The molecule has 0 amide bonds. The van der Waals surface area contributed by atoms with Crippen LogP contribution in [0.5, 0.6) is 0 Å². The van der Waals surface area contributed by atoms with Gasteiger partial charge >= 0.3 is 0 Å². The van der Waals surface area contributed by atoms with Crippen LogP contribution in [-0.2, 0) is 0 Å². The molecule has 0 aromatic heterocycles. The molecule has 96 valence electrons. The van der Waals surface area contributed by atoms with Crippen LogP contribution >= 0.6 is 0 Å². The minimum Gasteiger partial charge on any atom is -0.309 e. The predicted molar refractivity (Wildman–Crippen MR) is 71.8 cm³/mol. The Labute approximate surface area is 102 Å². The van der Waals surface area contributed by atoms with E-state index in [-0.39, 0.29) is 0 Å². The molecule has 1 aliphatic rings. The fourth-order valence-electron chi connectivity index (χ4n) is 2.46. The highest BCUT2D eigenvalue weighted by molar-refractivity contribution is 4.89. The first-order valence-corrected chi connectivity index (χ1v) is 7.03. The van der Waals surface area contributed by atoms with Crippen molar-refractivity contribution in [3.63, 3.8) is 0 Å². The van der Waals surface area contributed by atoms with Crippen molar-refractivity contribution in [3.8, 4) is 0 Å². The highest BCUT2D eigenvalue weighted by atomic mass is 15.2. The van der Waals surface area contributed by atoms with E-state index in [1.807, 2.05) is 0 Å². The Morgan fingerprint density at radius 2 is 2.06 bits per heavy atom. The lowest BCUT2D eigenvalue weighted by Gasteiger charge is -2.41. The van der Waals surface area contributed by atoms with Crippen LogP contribution in [0.1, 0.15) is 53.4 Å². The van der Waals surface area contributed by atoms with Crippen LogP contribution in [0.15, 0.2) is 0 Å². The maximum absolute atomic E-state index is 3.64. The molecule has 1 aliphatic heterocycles. The topological polar surface area (TPSA) is 15.3 Å². The summed E-state index contributed by atoms with van der Waals surface area (Å²) in [6.07, 6.45) is 5.38. The molecule has 0 radical (unpaired) electrons. The van der Waals surface area contributed by atoms with E-state index >= 15 is 0 Å². The summed E-state index contributed by atoms with van der Waals surface area (Å²) < 4.78 is 0. The van der Waals surface area contributed by atoms with Gasteiger partial charge in [0.15, 0.2) is 0 Å². The molecule has 0 spiro atoms. The normalized spacial score (nSPS) is 27.6. The Kier molecular flexibility index (Phi) is 5.77. The zero-order valence-corrected chi connectivity index (χ0v) is 11.7. The van der Waals surface area contributed by atoms with Gasteiger partial charge in [-0.05, 0) is 32.2 Å². The summed E-state index contributed by atoms with van der Waals surface area (Å²) in [5.41, 5.74) is 0.357. The van der Waals surface area contributed by atoms with Gasteiger partial charge in [0.2, 0.25) is 0 Å². The Morgan fingerprint density at radius 1 is 1.31 bits per heavy atom. The molecule has 1 N–H and O–H groups in total. The summed E-state index contributed by atoms with van der Waals surface area (Å²) in [5.74, 6) is 0.865. The first-order chi connectivity index (χ1) is 7.56. The number of piperazine rings is 1. The monoisotopic (exact) mass is 226 g/mol. The maximum atomic E-state index is 3.64. The van der Waals surface area contributed by atoms with Gasteiger partial charge in [-0.25, -0.2) is 0 Å². The molecule has 0 saturated carbocycles. The summed E-state index contributed by atoms with van der Waals surface area (Å²) in [7, 11) is 0. The van der Waals surface area contributed by atoms with Gasteiger partial charge in [-0.3, -0.25) is 0 Å². The Morgan fingerprint density at radius 3 is 2.69 bits per heavy atom. The SMILES string of the molecule is CCC1(C)CN(CCCCC(C)C)CCN1. The number of unbranched alkanes of at least 4 members (excludes halogenated alkanes) is 1. The smallest absolute Gasteiger partial charge is 0.0278 e. The van der Waals surface area contributed by atoms with E-state index in [2.05, 4.69) is 37.9 Å². The fourth-order valence-corrected chi connectivity index (χ4v) is 2.46. The molecule has 2 nitrogen and oxygen atoms in total. The van der Waals surface area contributed by atoms with Crippen LogP contribution in [0, 0.1) is 5.92 Å². The lowest BCUT2D eigenvalue weighted by Crippen LogP contribution is -2.58. The minimum atomic E-state index is 0.357. The molecule has 1 heterocycles. The molecule has 1 saturated heterocycles. The Bertz CT molecular complexity index is 191. The van der Waals surface area contributed by atoms with E-state index < -0.39 is 0 Å². The number of nitrogens with zero attached hydrogens (tertiary/aromatic N) is 1. The van der Waals surface area contributed by atoms with Gasteiger partial charge in [0.1, 0.15) is 0 Å². The Balaban J connectivity index is 2.17. The molecule has 1 fully saturated rings. The average Bonchev–Trinajstić information content (AvgIpc) is 2.24. The van der Waals surface area contributed by atoms with Gasteiger partial charge in [-0.15, -0.1) is 0 Å². The van der Waals surface area contributed by atoms with E-state index in [1.165, 1.54) is 45.3 Å². The molecule has 2 heteroatoms. The van der Waals surface area contributed by atoms with Gasteiger partial charge in [0.05, 0.1) is 0 Å². The second kappa shape index (κ2) is 6.61. The summed E-state index contributed by atoms with van der Waals surface area (Å²) in [4.78, 5) is 2.64. The lowest BCUT2D eigenvalue weighted by atomic mass is 9.95. The van der Waals surface area contributed by atoms with Crippen LogP contribution in [0.4, 0.5) is 0 Å². The molecule has 1 rings (SSSR count). The van der Waals surface area contributed by atoms with Gasteiger partial charge in [0.25, 0.3) is 0 Å². The van der Waals surface area contributed by atoms with Crippen molar-refractivity contribution in [1.82, 2.24) is 10.2 Å². The van der Waals surface area contributed by atoms with E-state index in [0.29, 0.717) is 5.54 Å². The van der Waals surface area contributed by atoms with Gasteiger partial charge in [-0.1, -0.05) is 33.6 Å². The predicted octanol–water partition coefficient (Wildman–Crippen LogP) is 2.89. The highest BCUT2D eigenvalue weighted by Gasteiger charge is 2.27. The second-order valence-corrected chi connectivity index (χ2v) is 6.01. The third-order valence-electron chi connectivity index (χ3n) is 3.84. The number of hydrogen-bond acceptors (Lipinski definition) is 2. The standard InChI is InChI=1S/C14H30N2/c1-5-14(4)12-16(11-9-15-14)10-7-6-8-13(2)3/h13,15H,5-12H2,1-4H3. The summed E-state index contributed by atoms with van der Waals surface area (Å²) in [6.45, 7) is 14.2. The van der Waals surface area contributed by atoms with Gasteiger partial charge in [-0.2, -0.15) is 0 Å².